The van der Waals surface area contributed by atoms with Gasteiger partial charge in [-0.1, -0.05) is 30.3 Å². The first kappa shape index (κ1) is 16.8. The number of halogens is 2. The number of carbonyl (C=O) groups excluding carboxylic acids is 1. The monoisotopic (exact) mass is 349 g/mol. The summed E-state index contributed by atoms with van der Waals surface area (Å²) in [5, 5.41) is 0. The van der Waals surface area contributed by atoms with E-state index in [9.17, 15) is 13.6 Å². The van der Waals surface area contributed by atoms with Crippen LogP contribution < -0.4 is 0 Å². The maximum atomic E-state index is 14.9. The molecular formula is C20H25F2NO2. The van der Waals surface area contributed by atoms with E-state index in [4.69, 9.17) is 4.74 Å². The topological polar surface area (TPSA) is 29.5 Å². The highest BCUT2D eigenvalue weighted by Crippen LogP contribution is 2.77. The van der Waals surface area contributed by atoms with Gasteiger partial charge in [-0.2, -0.15) is 0 Å². The molecule has 3 atom stereocenters. The second-order valence-corrected chi connectivity index (χ2v) is 8.80. The van der Waals surface area contributed by atoms with Crippen molar-refractivity contribution in [2.45, 2.75) is 76.0 Å². The molecule has 1 saturated carbocycles. The quantitative estimate of drug-likeness (QED) is 0.716. The van der Waals surface area contributed by atoms with Crippen LogP contribution in [0.15, 0.2) is 30.3 Å². The number of piperidine rings is 1. The third-order valence-electron chi connectivity index (χ3n) is 6.05. The van der Waals surface area contributed by atoms with E-state index in [-0.39, 0.29) is 18.2 Å². The number of nitrogens with zero attached hydrogens (tertiary/aromatic N) is 1. The summed E-state index contributed by atoms with van der Waals surface area (Å²) in [4.78, 5) is 14.3. The summed E-state index contributed by atoms with van der Waals surface area (Å²) < 4.78 is 35.2. The van der Waals surface area contributed by atoms with Crippen molar-refractivity contribution in [3.8, 4) is 0 Å². The lowest BCUT2D eigenvalue weighted by molar-refractivity contribution is -0.0202. The van der Waals surface area contributed by atoms with Crippen molar-refractivity contribution < 1.29 is 18.3 Å². The second kappa shape index (κ2) is 5.18. The van der Waals surface area contributed by atoms with Gasteiger partial charge in [0.2, 0.25) is 0 Å². The molecule has 2 saturated heterocycles. The van der Waals surface area contributed by atoms with E-state index in [1.807, 2.05) is 39.0 Å². The fourth-order valence-electron chi connectivity index (χ4n) is 5.09. The lowest BCUT2D eigenvalue weighted by Crippen LogP contribution is -2.50. The van der Waals surface area contributed by atoms with Crippen LogP contribution in [-0.4, -0.2) is 34.6 Å². The van der Waals surface area contributed by atoms with E-state index in [1.165, 1.54) is 0 Å². The highest BCUT2D eigenvalue weighted by atomic mass is 19.3. The molecule has 0 aromatic heterocycles. The Morgan fingerprint density at radius 1 is 1.12 bits per heavy atom. The van der Waals surface area contributed by atoms with E-state index >= 15 is 0 Å². The summed E-state index contributed by atoms with van der Waals surface area (Å²) >= 11 is 0. The minimum Gasteiger partial charge on any atom is -0.444 e. The van der Waals surface area contributed by atoms with Gasteiger partial charge in [-0.25, -0.2) is 13.6 Å². The van der Waals surface area contributed by atoms with Crippen molar-refractivity contribution in [2.75, 3.05) is 0 Å². The summed E-state index contributed by atoms with van der Waals surface area (Å²) in [6.07, 6.45) is 1.98. The molecule has 0 N–H and O–H groups in total. The number of amides is 1. The number of rotatable bonds is 1. The standard InChI is InChI=1S/C20H25F2NO2/c1-18(2,3)25-17(24)23-14-9-10-15(23)12-19(11-14)16(20(19,21)22)13-7-5-4-6-8-13/h4-8,14-16H,9-12H2,1-3H3. The average Bonchev–Trinajstić information content (AvgIpc) is 2.80. The first-order valence-electron chi connectivity index (χ1n) is 9.10. The van der Waals surface area contributed by atoms with Crippen molar-refractivity contribution in [1.82, 2.24) is 4.90 Å². The number of fused-ring (bicyclic) bond motifs is 2. The molecule has 0 radical (unpaired) electrons. The lowest BCUT2D eigenvalue weighted by atomic mass is 9.84. The van der Waals surface area contributed by atoms with E-state index in [2.05, 4.69) is 0 Å². The third-order valence-corrected chi connectivity index (χ3v) is 6.05. The van der Waals surface area contributed by atoms with E-state index in [0.717, 1.165) is 18.4 Å². The summed E-state index contributed by atoms with van der Waals surface area (Å²) in [7, 11) is 0. The van der Waals surface area contributed by atoms with Crippen LogP contribution in [0.5, 0.6) is 0 Å². The Balaban J connectivity index is 1.57. The van der Waals surface area contributed by atoms with Crippen molar-refractivity contribution in [3.05, 3.63) is 35.9 Å². The molecule has 1 aromatic carbocycles. The largest absolute Gasteiger partial charge is 0.444 e. The van der Waals surface area contributed by atoms with Gasteiger partial charge >= 0.3 is 6.09 Å². The van der Waals surface area contributed by atoms with Crippen molar-refractivity contribution in [2.24, 2.45) is 5.41 Å². The first-order valence-corrected chi connectivity index (χ1v) is 9.10. The first-order chi connectivity index (χ1) is 11.7. The van der Waals surface area contributed by atoms with Crippen LogP contribution in [0.25, 0.3) is 0 Å². The van der Waals surface area contributed by atoms with E-state index < -0.39 is 22.9 Å². The van der Waals surface area contributed by atoms with Gasteiger partial charge in [0.05, 0.1) is 11.3 Å². The number of benzene rings is 1. The van der Waals surface area contributed by atoms with E-state index in [0.29, 0.717) is 12.8 Å². The summed E-state index contributed by atoms with van der Waals surface area (Å²) in [5.74, 6) is -3.40. The molecule has 3 fully saturated rings. The highest BCUT2D eigenvalue weighted by molar-refractivity contribution is 5.70. The van der Waals surface area contributed by atoms with E-state index in [1.54, 1.807) is 17.0 Å². The van der Waals surface area contributed by atoms with Crippen molar-refractivity contribution in [3.63, 3.8) is 0 Å². The van der Waals surface area contributed by atoms with Gasteiger partial charge in [0, 0.05) is 12.1 Å². The van der Waals surface area contributed by atoms with Gasteiger partial charge in [0.15, 0.2) is 0 Å². The number of alkyl halides is 2. The predicted molar refractivity (Wildman–Crippen MR) is 90.7 cm³/mol. The Morgan fingerprint density at radius 2 is 1.68 bits per heavy atom. The average molecular weight is 349 g/mol. The molecular weight excluding hydrogens is 324 g/mol. The molecule has 1 aliphatic carbocycles. The molecule has 2 heterocycles. The van der Waals surface area contributed by atoms with Gasteiger partial charge in [0.25, 0.3) is 5.92 Å². The van der Waals surface area contributed by atoms with Crippen LogP contribution in [-0.2, 0) is 4.74 Å². The molecule has 4 rings (SSSR count). The predicted octanol–water partition coefficient (Wildman–Crippen LogP) is 4.97. The van der Waals surface area contributed by atoms with Gasteiger partial charge < -0.3 is 9.64 Å². The molecule has 3 unspecified atom stereocenters. The smallest absolute Gasteiger partial charge is 0.410 e. The van der Waals surface area contributed by atoms with Crippen LogP contribution in [0.3, 0.4) is 0 Å². The summed E-state index contributed by atoms with van der Waals surface area (Å²) in [6.45, 7) is 5.50. The van der Waals surface area contributed by atoms with Gasteiger partial charge in [-0.05, 0) is 52.0 Å². The van der Waals surface area contributed by atoms with Crippen LogP contribution in [0, 0.1) is 5.41 Å². The Morgan fingerprint density at radius 3 is 2.20 bits per heavy atom. The van der Waals surface area contributed by atoms with Crippen LogP contribution in [0.2, 0.25) is 0 Å². The SMILES string of the molecule is CC(C)(C)OC(=O)N1C2CCC1CC1(C2)C(c2ccccc2)C1(F)F. The molecule has 3 nitrogen and oxygen atoms in total. The molecule has 3 aliphatic rings. The zero-order valence-corrected chi connectivity index (χ0v) is 15.0. The Bertz CT molecular complexity index is 669. The molecule has 1 amide bonds. The molecule has 5 heteroatoms. The Labute approximate surface area is 147 Å². The maximum Gasteiger partial charge on any atom is 0.410 e. The fourth-order valence-corrected chi connectivity index (χ4v) is 5.09. The number of ether oxygens (including phenoxy) is 1. The molecule has 2 bridgehead atoms. The maximum absolute atomic E-state index is 14.9. The van der Waals surface area contributed by atoms with Gasteiger partial charge in [0.1, 0.15) is 5.60 Å². The van der Waals surface area contributed by atoms with Crippen molar-refractivity contribution in [1.29, 1.82) is 0 Å². The third kappa shape index (κ3) is 2.46. The summed E-state index contributed by atoms with van der Waals surface area (Å²) in [5.41, 5.74) is -0.835. The highest BCUT2D eigenvalue weighted by Gasteiger charge is 2.82. The lowest BCUT2D eigenvalue weighted by Gasteiger charge is -2.40. The molecule has 1 spiro atoms. The number of hydrogen-bond acceptors (Lipinski definition) is 2. The molecule has 2 aliphatic heterocycles. The Kier molecular flexibility index (Phi) is 3.48. The Hall–Kier alpha value is -1.65. The number of hydrogen-bond donors (Lipinski definition) is 0. The minimum absolute atomic E-state index is 0.131. The second-order valence-electron chi connectivity index (χ2n) is 8.80. The van der Waals surface area contributed by atoms with Gasteiger partial charge in [-0.3, -0.25) is 0 Å². The molecule has 1 aromatic rings. The van der Waals surface area contributed by atoms with Crippen LogP contribution in [0.1, 0.15) is 57.9 Å². The summed E-state index contributed by atoms with van der Waals surface area (Å²) in [6, 6.07) is 8.83. The van der Waals surface area contributed by atoms with Gasteiger partial charge in [-0.15, -0.1) is 0 Å². The van der Waals surface area contributed by atoms with Crippen molar-refractivity contribution >= 4 is 6.09 Å². The minimum atomic E-state index is -2.69. The van der Waals surface area contributed by atoms with Crippen LogP contribution >= 0.6 is 0 Å². The normalized spacial score (nSPS) is 35.7. The van der Waals surface area contributed by atoms with Crippen LogP contribution in [0.4, 0.5) is 13.6 Å². The molecule has 136 valence electrons. The zero-order chi connectivity index (χ0) is 18.0. The fraction of sp³-hybridized carbons (Fsp3) is 0.650. The number of carbonyl (C=O) groups is 1. The molecule has 25 heavy (non-hydrogen) atoms. The zero-order valence-electron chi connectivity index (χ0n) is 15.0.